The summed E-state index contributed by atoms with van der Waals surface area (Å²) in [7, 11) is -4.24. The minimum Gasteiger partial charge on any atom is -0.378 e. The Kier molecular flexibility index (Phi) is 7.10. The topological polar surface area (TPSA) is 84.8 Å². The van der Waals surface area contributed by atoms with E-state index in [1.807, 2.05) is 30.3 Å². The summed E-state index contributed by atoms with van der Waals surface area (Å²) >= 11 is 11.9. The minimum absolute atomic E-state index is 0.0151. The lowest BCUT2D eigenvalue weighted by molar-refractivity contribution is -0.120. The molecule has 1 N–H and O–H groups in total. The number of amides is 1. The molecule has 3 aromatic carbocycles. The Morgan fingerprint density at radius 3 is 2.47 bits per heavy atom. The number of nitrogens with zero attached hydrogens (tertiary/aromatic N) is 1. The second-order valence-corrected chi connectivity index (χ2v) is 8.46. The molecule has 3 aromatic rings. The van der Waals surface area contributed by atoms with Crippen LogP contribution in [0.15, 0.2) is 82.8 Å². The molecule has 6 nitrogen and oxygen atoms in total. The maximum absolute atomic E-state index is 12.6. The number of carbonyl (C=O) groups is 1. The fourth-order valence-electron chi connectivity index (χ4n) is 2.49. The van der Waals surface area contributed by atoms with Crippen molar-refractivity contribution in [1.29, 1.82) is 0 Å². The Morgan fingerprint density at radius 2 is 1.70 bits per heavy atom. The number of benzene rings is 3. The predicted octanol–water partition coefficient (Wildman–Crippen LogP) is 4.45. The van der Waals surface area contributed by atoms with Crippen molar-refractivity contribution < 1.29 is 17.4 Å². The maximum atomic E-state index is 12.6. The molecule has 0 saturated carbocycles. The molecule has 154 valence electrons. The lowest BCUT2D eigenvalue weighted by Crippen LogP contribution is -2.19. The van der Waals surface area contributed by atoms with Crippen LogP contribution in [-0.4, -0.2) is 20.5 Å². The SMILES string of the molecule is O=C(Cc1ccccc1)NN=Cc1ccccc1OS(=O)(=O)c1cc(Cl)ccc1Cl. The van der Waals surface area contributed by atoms with E-state index in [4.69, 9.17) is 27.4 Å². The molecule has 0 aliphatic rings. The minimum atomic E-state index is -4.24. The number of para-hydroxylation sites is 1. The summed E-state index contributed by atoms with van der Waals surface area (Å²) < 4.78 is 30.5. The highest BCUT2D eigenvalue weighted by Crippen LogP contribution is 2.28. The number of hydrogen-bond acceptors (Lipinski definition) is 5. The quantitative estimate of drug-likeness (QED) is 0.319. The number of nitrogens with one attached hydrogen (secondary N) is 1. The number of hydrogen-bond donors (Lipinski definition) is 1. The van der Waals surface area contributed by atoms with E-state index in [-0.39, 0.29) is 33.0 Å². The molecule has 0 radical (unpaired) electrons. The molecule has 0 aromatic heterocycles. The first-order valence-electron chi connectivity index (χ1n) is 8.69. The fraction of sp³-hybridized carbons (Fsp3) is 0.0476. The van der Waals surface area contributed by atoms with Crippen LogP contribution in [0.1, 0.15) is 11.1 Å². The molecule has 0 spiro atoms. The number of carbonyl (C=O) groups excluding carboxylic acids is 1. The third kappa shape index (κ3) is 5.82. The van der Waals surface area contributed by atoms with Gasteiger partial charge in [0.2, 0.25) is 5.91 Å². The molecule has 30 heavy (non-hydrogen) atoms. The summed E-state index contributed by atoms with van der Waals surface area (Å²) in [5.41, 5.74) is 3.60. The molecule has 3 rings (SSSR count). The van der Waals surface area contributed by atoms with E-state index in [1.54, 1.807) is 18.2 Å². The van der Waals surface area contributed by atoms with Crippen molar-refractivity contribution in [3.63, 3.8) is 0 Å². The lowest BCUT2D eigenvalue weighted by atomic mass is 10.1. The average molecular weight is 463 g/mol. The van der Waals surface area contributed by atoms with Crippen LogP contribution in [0, 0.1) is 0 Å². The summed E-state index contributed by atoms with van der Waals surface area (Å²) in [6, 6.07) is 19.6. The van der Waals surface area contributed by atoms with Crippen molar-refractivity contribution >= 4 is 45.4 Å². The van der Waals surface area contributed by atoms with Crippen LogP contribution >= 0.6 is 23.2 Å². The zero-order chi connectivity index (χ0) is 21.6. The van der Waals surface area contributed by atoms with Crippen LogP contribution in [0.4, 0.5) is 0 Å². The summed E-state index contributed by atoms with van der Waals surface area (Å²) in [4.78, 5) is 11.7. The van der Waals surface area contributed by atoms with Gasteiger partial charge in [-0.15, -0.1) is 0 Å². The standard InChI is InChI=1S/C21H16Cl2N2O4S/c22-17-10-11-18(23)20(13-17)30(27,28)29-19-9-5-4-8-16(19)14-24-25-21(26)12-15-6-2-1-3-7-15/h1-11,13-14H,12H2,(H,25,26). The van der Waals surface area contributed by atoms with Gasteiger partial charge in [0.05, 0.1) is 17.7 Å². The smallest absolute Gasteiger partial charge is 0.340 e. The van der Waals surface area contributed by atoms with Gasteiger partial charge in [-0.05, 0) is 35.9 Å². The van der Waals surface area contributed by atoms with Crippen molar-refractivity contribution in [2.75, 3.05) is 0 Å². The molecule has 0 aliphatic heterocycles. The molecular formula is C21H16Cl2N2O4S. The highest BCUT2D eigenvalue weighted by Gasteiger charge is 2.22. The van der Waals surface area contributed by atoms with E-state index >= 15 is 0 Å². The van der Waals surface area contributed by atoms with Crippen LogP contribution in [-0.2, 0) is 21.3 Å². The van der Waals surface area contributed by atoms with Crippen LogP contribution in [0.2, 0.25) is 10.0 Å². The first kappa shape index (κ1) is 21.8. The largest absolute Gasteiger partial charge is 0.378 e. The number of rotatable bonds is 7. The van der Waals surface area contributed by atoms with Gasteiger partial charge in [0.15, 0.2) is 5.75 Å². The lowest BCUT2D eigenvalue weighted by Gasteiger charge is -2.10. The van der Waals surface area contributed by atoms with E-state index in [2.05, 4.69) is 10.5 Å². The van der Waals surface area contributed by atoms with E-state index in [0.717, 1.165) is 5.56 Å². The summed E-state index contributed by atoms with van der Waals surface area (Å²) in [5.74, 6) is -0.288. The molecule has 1 amide bonds. The predicted molar refractivity (Wildman–Crippen MR) is 117 cm³/mol. The van der Waals surface area contributed by atoms with Gasteiger partial charge in [-0.2, -0.15) is 13.5 Å². The highest BCUT2D eigenvalue weighted by molar-refractivity contribution is 7.87. The van der Waals surface area contributed by atoms with Gasteiger partial charge in [-0.1, -0.05) is 65.7 Å². The summed E-state index contributed by atoms with van der Waals surface area (Å²) in [5, 5.41) is 4.08. The molecule has 9 heteroatoms. The van der Waals surface area contributed by atoms with Gasteiger partial charge in [-0.25, -0.2) is 5.43 Å². The Balaban J connectivity index is 1.73. The molecule has 0 heterocycles. The van der Waals surface area contributed by atoms with Crippen molar-refractivity contribution in [3.8, 4) is 5.75 Å². The molecule has 0 atom stereocenters. The third-order valence-electron chi connectivity index (χ3n) is 3.88. The Morgan fingerprint density at radius 1 is 1.00 bits per heavy atom. The summed E-state index contributed by atoms with van der Waals surface area (Å²) in [6.45, 7) is 0. The zero-order valence-corrected chi connectivity index (χ0v) is 17.8. The van der Waals surface area contributed by atoms with Gasteiger partial charge in [0, 0.05) is 10.6 Å². The Labute approximate surface area is 184 Å². The molecule has 0 saturated heterocycles. The van der Waals surface area contributed by atoms with Gasteiger partial charge in [0.25, 0.3) is 0 Å². The summed E-state index contributed by atoms with van der Waals surface area (Å²) in [6.07, 6.45) is 1.46. The first-order chi connectivity index (χ1) is 14.3. The fourth-order valence-corrected chi connectivity index (χ4v) is 4.18. The van der Waals surface area contributed by atoms with Crippen molar-refractivity contribution in [2.24, 2.45) is 5.10 Å². The van der Waals surface area contributed by atoms with Crippen molar-refractivity contribution in [3.05, 3.63) is 94.0 Å². The normalized spacial score (nSPS) is 11.4. The second-order valence-electron chi connectivity index (χ2n) is 6.11. The van der Waals surface area contributed by atoms with Gasteiger partial charge >= 0.3 is 10.1 Å². The van der Waals surface area contributed by atoms with Crippen molar-refractivity contribution in [2.45, 2.75) is 11.3 Å². The van der Waals surface area contributed by atoms with E-state index in [9.17, 15) is 13.2 Å². The molecule has 0 unspecified atom stereocenters. The third-order valence-corrected chi connectivity index (χ3v) is 5.83. The highest BCUT2D eigenvalue weighted by atomic mass is 35.5. The Hall–Kier alpha value is -2.87. The monoisotopic (exact) mass is 462 g/mol. The van der Waals surface area contributed by atoms with Crippen molar-refractivity contribution in [1.82, 2.24) is 5.43 Å². The molecule has 0 bridgehead atoms. The zero-order valence-electron chi connectivity index (χ0n) is 15.5. The first-order valence-corrected chi connectivity index (χ1v) is 10.9. The van der Waals surface area contributed by atoms with Crippen LogP contribution in [0.5, 0.6) is 5.75 Å². The van der Waals surface area contributed by atoms with E-state index in [1.165, 1.54) is 30.5 Å². The van der Waals surface area contributed by atoms with Crippen LogP contribution < -0.4 is 9.61 Å². The average Bonchev–Trinajstić information content (AvgIpc) is 2.71. The molecular weight excluding hydrogens is 447 g/mol. The van der Waals surface area contributed by atoms with E-state index < -0.39 is 10.1 Å². The van der Waals surface area contributed by atoms with Gasteiger partial charge in [0.1, 0.15) is 4.90 Å². The maximum Gasteiger partial charge on any atom is 0.340 e. The molecule has 0 aliphatic carbocycles. The molecule has 0 fully saturated rings. The Bertz CT molecular complexity index is 1180. The van der Waals surface area contributed by atoms with E-state index in [0.29, 0.717) is 5.56 Å². The number of halogens is 2. The number of hydrazone groups is 1. The second kappa shape index (κ2) is 9.75. The van der Waals surface area contributed by atoms with Crippen LogP contribution in [0.25, 0.3) is 0 Å². The van der Waals surface area contributed by atoms with Gasteiger partial charge in [-0.3, -0.25) is 4.79 Å². The van der Waals surface area contributed by atoms with Gasteiger partial charge < -0.3 is 4.18 Å². The van der Waals surface area contributed by atoms with Crippen LogP contribution in [0.3, 0.4) is 0 Å².